The second-order valence-electron chi connectivity index (χ2n) is 5.08. The van der Waals surface area contributed by atoms with E-state index in [4.69, 9.17) is 0 Å². The van der Waals surface area contributed by atoms with Crippen LogP contribution in [0.4, 0.5) is 0 Å². The summed E-state index contributed by atoms with van der Waals surface area (Å²) >= 11 is 1.60. The molecule has 6 nitrogen and oxygen atoms in total. The zero-order chi connectivity index (χ0) is 16.2. The summed E-state index contributed by atoms with van der Waals surface area (Å²) in [6.45, 7) is 6.44. The molecule has 0 N–H and O–H groups in total. The summed E-state index contributed by atoms with van der Waals surface area (Å²) in [5.74, 6) is 3.36. The van der Waals surface area contributed by atoms with Crippen molar-refractivity contribution in [3.05, 3.63) is 54.6 Å². The van der Waals surface area contributed by atoms with Gasteiger partial charge < -0.3 is 4.57 Å². The maximum atomic E-state index is 4.35. The number of thioether (sulfide) groups is 1. The molecule has 0 atom stereocenters. The van der Waals surface area contributed by atoms with Crippen molar-refractivity contribution in [1.29, 1.82) is 0 Å². The average Bonchev–Trinajstić information content (AvgIpc) is 3.12. The Bertz CT molecular complexity index is 805. The van der Waals surface area contributed by atoms with Gasteiger partial charge in [0.15, 0.2) is 11.0 Å². The van der Waals surface area contributed by atoms with Gasteiger partial charge in [0.25, 0.3) is 0 Å². The third kappa shape index (κ3) is 3.19. The quantitative estimate of drug-likeness (QED) is 0.515. The van der Waals surface area contributed by atoms with Gasteiger partial charge in [-0.25, -0.2) is 0 Å². The molecule has 3 aromatic rings. The highest BCUT2D eigenvalue weighted by atomic mass is 32.2. The Morgan fingerprint density at radius 3 is 2.57 bits per heavy atom. The van der Waals surface area contributed by atoms with Crippen LogP contribution in [-0.2, 0) is 19.3 Å². The fourth-order valence-electron chi connectivity index (χ4n) is 2.20. The van der Waals surface area contributed by atoms with Crippen LogP contribution in [-0.4, -0.2) is 29.5 Å². The van der Waals surface area contributed by atoms with Gasteiger partial charge in [-0.1, -0.05) is 48.2 Å². The van der Waals surface area contributed by atoms with Crippen molar-refractivity contribution in [2.45, 2.75) is 24.4 Å². The van der Waals surface area contributed by atoms with Gasteiger partial charge in [-0.05, 0) is 6.92 Å². The van der Waals surface area contributed by atoms with E-state index in [9.17, 15) is 0 Å². The Labute approximate surface area is 139 Å². The van der Waals surface area contributed by atoms with E-state index in [1.807, 2.05) is 54.9 Å². The third-order valence-electron chi connectivity index (χ3n) is 3.57. The molecular weight excluding hydrogens is 308 g/mol. The second kappa shape index (κ2) is 6.78. The number of nitrogens with zero attached hydrogens (tertiary/aromatic N) is 6. The van der Waals surface area contributed by atoms with Crippen LogP contribution in [0.2, 0.25) is 0 Å². The van der Waals surface area contributed by atoms with Crippen molar-refractivity contribution < 1.29 is 0 Å². The van der Waals surface area contributed by atoms with E-state index in [1.54, 1.807) is 11.8 Å². The minimum atomic E-state index is 0.664. The van der Waals surface area contributed by atoms with Crippen molar-refractivity contribution in [3.63, 3.8) is 0 Å². The molecule has 0 unspecified atom stereocenters. The number of aromatic nitrogens is 6. The number of aryl methyl sites for hydroxylation is 1. The number of allylic oxidation sites excluding steroid dienone is 1. The van der Waals surface area contributed by atoms with Crippen LogP contribution < -0.4 is 0 Å². The summed E-state index contributed by atoms with van der Waals surface area (Å²) in [7, 11) is 1.97. The van der Waals surface area contributed by atoms with Crippen LogP contribution in [0.25, 0.3) is 11.4 Å². The first-order chi connectivity index (χ1) is 11.2. The monoisotopic (exact) mass is 326 g/mol. The predicted octanol–water partition coefficient (Wildman–Crippen LogP) is 2.86. The topological polar surface area (TPSA) is 61.4 Å². The summed E-state index contributed by atoms with van der Waals surface area (Å²) in [6.07, 6.45) is 1.85. The van der Waals surface area contributed by atoms with Crippen molar-refractivity contribution in [2.24, 2.45) is 7.05 Å². The van der Waals surface area contributed by atoms with E-state index in [0.717, 1.165) is 28.2 Å². The molecule has 0 saturated heterocycles. The van der Waals surface area contributed by atoms with Crippen molar-refractivity contribution >= 4 is 11.8 Å². The number of benzene rings is 1. The lowest BCUT2D eigenvalue weighted by atomic mass is 10.2. The lowest BCUT2D eigenvalue weighted by Crippen LogP contribution is -2.02. The lowest BCUT2D eigenvalue weighted by Gasteiger charge is -2.07. The number of hydrogen-bond acceptors (Lipinski definition) is 5. The normalized spacial score (nSPS) is 10.9. The highest BCUT2D eigenvalue weighted by Crippen LogP contribution is 2.25. The predicted molar refractivity (Wildman–Crippen MR) is 91.0 cm³/mol. The van der Waals surface area contributed by atoms with Gasteiger partial charge in [0.1, 0.15) is 11.6 Å². The first-order valence-corrected chi connectivity index (χ1v) is 8.26. The lowest BCUT2D eigenvalue weighted by molar-refractivity contribution is 0.729. The van der Waals surface area contributed by atoms with Crippen LogP contribution in [0.5, 0.6) is 0 Å². The highest BCUT2D eigenvalue weighted by Gasteiger charge is 2.14. The average molecular weight is 326 g/mol. The van der Waals surface area contributed by atoms with E-state index < -0.39 is 0 Å². The number of rotatable bonds is 6. The molecule has 0 radical (unpaired) electrons. The summed E-state index contributed by atoms with van der Waals surface area (Å²) in [5, 5.41) is 17.8. The Kier molecular flexibility index (Phi) is 4.57. The molecular formula is C16H18N6S. The largest absolute Gasteiger partial charge is 0.318 e. The van der Waals surface area contributed by atoms with Gasteiger partial charge >= 0.3 is 0 Å². The first kappa shape index (κ1) is 15.5. The summed E-state index contributed by atoms with van der Waals surface area (Å²) < 4.78 is 4.05. The third-order valence-corrected chi connectivity index (χ3v) is 4.54. The smallest absolute Gasteiger partial charge is 0.192 e. The van der Waals surface area contributed by atoms with Crippen LogP contribution in [0.3, 0.4) is 0 Å². The molecule has 7 heteroatoms. The molecule has 2 aromatic heterocycles. The molecule has 0 amide bonds. The standard InChI is InChI=1S/C16H18N6S/c1-4-10-22-15(13-8-6-5-7-9-13)19-20-16(22)23-11-14-18-17-12(2)21(14)3/h4-9H,1,10-11H2,2-3H3. The van der Waals surface area contributed by atoms with Gasteiger partial charge in [-0.3, -0.25) is 4.57 Å². The molecule has 0 aliphatic heterocycles. The van der Waals surface area contributed by atoms with E-state index >= 15 is 0 Å². The fourth-order valence-corrected chi connectivity index (χ4v) is 3.12. The first-order valence-electron chi connectivity index (χ1n) is 7.28. The molecule has 0 spiro atoms. The molecule has 118 valence electrons. The van der Waals surface area contributed by atoms with E-state index in [-0.39, 0.29) is 0 Å². The van der Waals surface area contributed by atoms with Gasteiger partial charge in [0, 0.05) is 19.2 Å². The van der Waals surface area contributed by atoms with E-state index in [2.05, 4.69) is 31.5 Å². The fraction of sp³-hybridized carbons (Fsp3) is 0.250. The van der Waals surface area contributed by atoms with E-state index in [1.165, 1.54) is 0 Å². The summed E-state index contributed by atoms with van der Waals surface area (Å²) in [6, 6.07) is 10.0. The van der Waals surface area contributed by atoms with Gasteiger partial charge in [-0.15, -0.1) is 27.0 Å². The van der Waals surface area contributed by atoms with Gasteiger partial charge in [0.2, 0.25) is 0 Å². The van der Waals surface area contributed by atoms with E-state index in [0.29, 0.717) is 12.3 Å². The molecule has 0 fully saturated rings. The van der Waals surface area contributed by atoms with Crippen LogP contribution in [0.1, 0.15) is 11.6 Å². The maximum absolute atomic E-state index is 4.35. The molecule has 23 heavy (non-hydrogen) atoms. The molecule has 0 saturated carbocycles. The minimum Gasteiger partial charge on any atom is -0.318 e. The highest BCUT2D eigenvalue weighted by molar-refractivity contribution is 7.98. The molecule has 0 bridgehead atoms. The van der Waals surface area contributed by atoms with Crippen LogP contribution >= 0.6 is 11.8 Å². The van der Waals surface area contributed by atoms with Crippen LogP contribution in [0, 0.1) is 6.92 Å². The molecule has 0 aliphatic rings. The molecule has 3 rings (SSSR count). The Morgan fingerprint density at radius 1 is 1.13 bits per heavy atom. The van der Waals surface area contributed by atoms with Crippen molar-refractivity contribution in [2.75, 3.05) is 0 Å². The van der Waals surface area contributed by atoms with Crippen LogP contribution in [0.15, 0.2) is 48.1 Å². The second-order valence-corrected chi connectivity index (χ2v) is 6.03. The Balaban J connectivity index is 1.86. The molecule has 2 heterocycles. The minimum absolute atomic E-state index is 0.664. The summed E-state index contributed by atoms with van der Waals surface area (Å²) in [5.41, 5.74) is 1.04. The SMILES string of the molecule is C=CCn1c(SCc2nnc(C)n2C)nnc1-c1ccccc1. The summed E-state index contributed by atoms with van der Waals surface area (Å²) in [4.78, 5) is 0. The maximum Gasteiger partial charge on any atom is 0.192 e. The van der Waals surface area contributed by atoms with Gasteiger partial charge in [-0.2, -0.15) is 0 Å². The Hall–Kier alpha value is -2.41. The zero-order valence-corrected chi connectivity index (χ0v) is 14.0. The Morgan fingerprint density at radius 2 is 1.91 bits per heavy atom. The molecule has 0 aliphatic carbocycles. The molecule has 1 aromatic carbocycles. The van der Waals surface area contributed by atoms with Crippen molar-refractivity contribution in [3.8, 4) is 11.4 Å². The van der Waals surface area contributed by atoms with Crippen molar-refractivity contribution in [1.82, 2.24) is 29.5 Å². The zero-order valence-electron chi connectivity index (χ0n) is 13.2. The number of hydrogen-bond donors (Lipinski definition) is 0. The van der Waals surface area contributed by atoms with Gasteiger partial charge in [0.05, 0.1) is 5.75 Å².